The van der Waals surface area contributed by atoms with Crippen LogP contribution < -0.4 is 14.8 Å². The molecule has 0 bridgehead atoms. The summed E-state index contributed by atoms with van der Waals surface area (Å²) in [6.45, 7) is 2.35. The predicted molar refractivity (Wildman–Crippen MR) is 133 cm³/mol. The summed E-state index contributed by atoms with van der Waals surface area (Å²) in [5.74, 6) is 1.38. The molecule has 4 aromatic rings. The van der Waals surface area contributed by atoms with E-state index in [2.05, 4.69) is 29.6 Å². The van der Waals surface area contributed by atoms with Gasteiger partial charge < -0.3 is 14.8 Å². The fourth-order valence-corrected chi connectivity index (χ4v) is 3.86. The van der Waals surface area contributed by atoms with Crippen molar-refractivity contribution >= 4 is 16.7 Å². The van der Waals surface area contributed by atoms with E-state index in [4.69, 9.17) is 9.47 Å². The summed E-state index contributed by atoms with van der Waals surface area (Å²) in [4.78, 5) is 12.8. The van der Waals surface area contributed by atoms with Crippen LogP contribution >= 0.6 is 0 Å². The van der Waals surface area contributed by atoms with E-state index in [0.717, 1.165) is 29.5 Å². The summed E-state index contributed by atoms with van der Waals surface area (Å²) in [5.41, 5.74) is 2.70. The Bertz CT molecular complexity index is 1220. The molecular formula is C29H29NO3. The van der Waals surface area contributed by atoms with E-state index in [9.17, 15) is 4.79 Å². The number of amides is 1. The largest absolute Gasteiger partial charge is 0.496 e. The van der Waals surface area contributed by atoms with E-state index in [1.54, 1.807) is 13.2 Å². The summed E-state index contributed by atoms with van der Waals surface area (Å²) in [6.07, 6.45) is 1.81. The van der Waals surface area contributed by atoms with Gasteiger partial charge in [-0.25, -0.2) is 0 Å². The lowest BCUT2D eigenvalue weighted by Gasteiger charge is -2.16. The molecule has 1 N–H and O–H groups in total. The minimum atomic E-state index is -0.0924. The molecule has 1 atom stereocenters. The lowest BCUT2D eigenvalue weighted by molar-refractivity contribution is 0.0938. The second-order valence-electron chi connectivity index (χ2n) is 8.22. The highest BCUT2D eigenvalue weighted by Crippen LogP contribution is 2.25. The van der Waals surface area contributed by atoms with Crippen molar-refractivity contribution in [3.63, 3.8) is 0 Å². The summed E-state index contributed by atoms with van der Waals surface area (Å²) >= 11 is 0. The molecule has 4 heteroatoms. The third-order valence-corrected chi connectivity index (χ3v) is 5.74. The third kappa shape index (κ3) is 5.92. The Morgan fingerprint density at radius 2 is 1.64 bits per heavy atom. The molecule has 168 valence electrons. The first kappa shape index (κ1) is 22.4. The van der Waals surface area contributed by atoms with Crippen molar-refractivity contribution in [3.05, 3.63) is 108 Å². The van der Waals surface area contributed by atoms with Gasteiger partial charge >= 0.3 is 0 Å². The van der Waals surface area contributed by atoms with Crippen LogP contribution in [0, 0.1) is 0 Å². The smallest absolute Gasteiger partial charge is 0.251 e. The molecule has 0 radical (unpaired) electrons. The lowest BCUT2D eigenvalue weighted by Crippen LogP contribution is -2.33. The molecule has 0 saturated carbocycles. The van der Waals surface area contributed by atoms with Crippen LogP contribution in [-0.4, -0.2) is 19.1 Å². The fourth-order valence-electron chi connectivity index (χ4n) is 3.86. The van der Waals surface area contributed by atoms with Crippen molar-refractivity contribution in [1.29, 1.82) is 0 Å². The number of fused-ring (bicyclic) bond motifs is 1. The number of hydrogen-bond acceptors (Lipinski definition) is 3. The maximum atomic E-state index is 12.8. The highest BCUT2D eigenvalue weighted by molar-refractivity contribution is 5.94. The maximum Gasteiger partial charge on any atom is 0.251 e. The number of benzene rings is 4. The average Bonchev–Trinajstić information content (AvgIpc) is 2.86. The Morgan fingerprint density at radius 1 is 0.879 bits per heavy atom. The van der Waals surface area contributed by atoms with Gasteiger partial charge in [-0.2, -0.15) is 0 Å². The van der Waals surface area contributed by atoms with E-state index in [1.165, 1.54) is 10.9 Å². The molecule has 0 fully saturated rings. The van der Waals surface area contributed by atoms with Crippen molar-refractivity contribution in [3.8, 4) is 11.5 Å². The molecule has 0 aromatic heterocycles. The Balaban J connectivity index is 1.40. The van der Waals surface area contributed by atoms with Crippen LogP contribution in [0.4, 0.5) is 0 Å². The zero-order valence-electron chi connectivity index (χ0n) is 19.1. The molecule has 1 amide bonds. The Kier molecular flexibility index (Phi) is 7.26. The van der Waals surface area contributed by atoms with Crippen LogP contribution in [0.25, 0.3) is 10.8 Å². The van der Waals surface area contributed by atoms with E-state index < -0.39 is 0 Å². The average molecular weight is 440 g/mol. The molecule has 4 aromatic carbocycles. The van der Waals surface area contributed by atoms with Crippen LogP contribution in [-0.2, 0) is 13.0 Å². The van der Waals surface area contributed by atoms with Gasteiger partial charge in [-0.05, 0) is 66.4 Å². The molecule has 0 aliphatic carbocycles. The van der Waals surface area contributed by atoms with Crippen LogP contribution in [0.3, 0.4) is 0 Å². The lowest BCUT2D eigenvalue weighted by atomic mass is 10.1. The molecule has 0 aliphatic heterocycles. The number of ether oxygens (including phenoxy) is 2. The maximum absolute atomic E-state index is 12.8. The summed E-state index contributed by atoms with van der Waals surface area (Å²) in [6, 6.07) is 30.0. The highest BCUT2D eigenvalue weighted by atomic mass is 16.5. The van der Waals surface area contributed by atoms with E-state index in [0.29, 0.717) is 17.9 Å². The van der Waals surface area contributed by atoms with Gasteiger partial charge in [0, 0.05) is 17.2 Å². The zero-order valence-corrected chi connectivity index (χ0v) is 19.1. The van der Waals surface area contributed by atoms with Gasteiger partial charge in [0.25, 0.3) is 5.91 Å². The van der Waals surface area contributed by atoms with E-state index >= 15 is 0 Å². The van der Waals surface area contributed by atoms with Crippen LogP contribution in [0.1, 0.15) is 34.8 Å². The SMILES string of the molecule is COc1ccc(C(=O)N[C@H](C)CCc2ccccc2)cc1COc1ccc2ccccc2c1. The minimum absolute atomic E-state index is 0.0668. The van der Waals surface area contributed by atoms with Crippen molar-refractivity contribution in [2.24, 2.45) is 0 Å². The molecule has 0 aliphatic rings. The van der Waals surface area contributed by atoms with Gasteiger partial charge in [0.15, 0.2) is 0 Å². The number of nitrogens with one attached hydrogen (secondary N) is 1. The monoisotopic (exact) mass is 439 g/mol. The number of methoxy groups -OCH3 is 1. The number of carbonyl (C=O) groups excluding carboxylic acids is 1. The first-order valence-corrected chi connectivity index (χ1v) is 11.3. The van der Waals surface area contributed by atoms with Gasteiger partial charge in [0.2, 0.25) is 0 Å². The fraction of sp³-hybridized carbons (Fsp3) is 0.207. The second kappa shape index (κ2) is 10.7. The number of carbonyl (C=O) groups is 1. The molecule has 0 heterocycles. The normalized spacial score (nSPS) is 11.7. The van der Waals surface area contributed by atoms with Crippen molar-refractivity contribution in [1.82, 2.24) is 5.32 Å². The van der Waals surface area contributed by atoms with Gasteiger partial charge in [-0.15, -0.1) is 0 Å². The van der Waals surface area contributed by atoms with E-state index in [1.807, 2.05) is 67.6 Å². The standard InChI is InChI=1S/C29H29NO3/c1-21(12-13-22-8-4-3-5-9-22)30-29(31)25-15-17-28(32-2)26(18-25)20-33-27-16-14-23-10-6-7-11-24(23)19-27/h3-11,14-19,21H,12-13,20H2,1-2H3,(H,30,31)/t21-/m1/s1. The van der Waals surface area contributed by atoms with Gasteiger partial charge in [0.1, 0.15) is 18.1 Å². The van der Waals surface area contributed by atoms with Crippen LogP contribution in [0.15, 0.2) is 91.0 Å². The topological polar surface area (TPSA) is 47.6 Å². The van der Waals surface area contributed by atoms with Gasteiger partial charge in [-0.1, -0.05) is 60.7 Å². The molecule has 4 rings (SSSR count). The van der Waals surface area contributed by atoms with Crippen LogP contribution in [0.2, 0.25) is 0 Å². The first-order chi connectivity index (χ1) is 16.1. The van der Waals surface area contributed by atoms with Gasteiger partial charge in [-0.3, -0.25) is 4.79 Å². The molecule has 0 spiro atoms. The molecule has 0 unspecified atom stereocenters. The van der Waals surface area contributed by atoms with E-state index in [-0.39, 0.29) is 11.9 Å². The number of hydrogen-bond donors (Lipinski definition) is 1. The Labute approximate surface area is 195 Å². The highest BCUT2D eigenvalue weighted by Gasteiger charge is 2.13. The first-order valence-electron chi connectivity index (χ1n) is 11.3. The van der Waals surface area contributed by atoms with Crippen molar-refractivity contribution in [2.75, 3.05) is 7.11 Å². The van der Waals surface area contributed by atoms with Crippen molar-refractivity contribution < 1.29 is 14.3 Å². The van der Waals surface area contributed by atoms with Crippen molar-refractivity contribution in [2.45, 2.75) is 32.4 Å². The predicted octanol–water partition coefficient (Wildman–Crippen LogP) is 6.18. The summed E-state index contributed by atoms with van der Waals surface area (Å²) < 4.78 is 11.5. The second-order valence-corrected chi connectivity index (χ2v) is 8.22. The third-order valence-electron chi connectivity index (χ3n) is 5.74. The van der Waals surface area contributed by atoms with Crippen LogP contribution in [0.5, 0.6) is 11.5 Å². The molecule has 33 heavy (non-hydrogen) atoms. The van der Waals surface area contributed by atoms with Gasteiger partial charge in [0.05, 0.1) is 7.11 Å². The Hall–Kier alpha value is -3.79. The minimum Gasteiger partial charge on any atom is -0.496 e. The number of rotatable bonds is 9. The molecule has 4 nitrogen and oxygen atoms in total. The summed E-state index contributed by atoms with van der Waals surface area (Å²) in [5, 5.41) is 5.40. The molecular weight excluding hydrogens is 410 g/mol. The summed E-state index contributed by atoms with van der Waals surface area (Å²) in [7, 11) is 1.63. The quantitative estimate of drug-likeness (QED) is 0.339. The number of aryl methyl sites for hydroxylation is 1. The molecule has 0 saturated heterocycles. The zero-order chi connectivity index (χ0) is 23.0. The Morgan fingerprint density at radius 3 is 2.42 bits per heavy atom.